The second kappa shape index (κ2) is 53.2. The zero-order valence-electron chi connectivity index (χ0n) is 72.5. The average Bonchev–Trinajstić information content (AvgIpc) is 1.01. The van der Waals surface area contributed by atoms with Crippen molar-refractivity contribution in [2.75, 3.05) is 119 Å². The Morgan fingerprint density at radius 3 is 1.05 bits per heavy atom. The molecule has 17 N–H and O–H groups in total. The van der Waals surface area contributed by atoms with Crippen LogP contribution in [0.15, 0.2) is 35.9 Å². The molecule has 4 saturated heterocycles. The number of hydrogen-bond donors (Lipinski definition) is 17. The van der Waals surface area contributed by atoms with Crippen molar-refractivity contribution >= 4 is 47.3 Å². The Bertz CT molecular complexity index is 3960. The van der Waals surface area contributed by atoms with Gasteiger partial charge in [-0.25, -0.2) is 28.3 Å². The normalized spacial score (nSPS) is 26.9. The molecule has 9 heterocycles. The highest BCUT2D eigenvalue weighted by Crippen LogP contribution is 2.29. The number of amides is 5. The fourth-order valence-electron chi connectivity index (χ4n) is 14.8. The van der Waals surface area contributed by atoms with Gasteiger partial charge in [0.15, 0.2) is 25.2 Å². The summed E-state index contributed by atoms with van der Waals surface area (Å²) in [6.45, 7) is 5.46. The minimum absolute atomic E-state index is 0.00837. The van der Waals surface area contributed by atoms with Crippen molar-refractivity contribution in [1.82, 2.24) is 96.4 Å². The molecule has 52 nitrogen and oxygen atoms in total. The number of ketones is 1. The zero-order chi connectivity index (χ0) is 93.2. The smallest absolute Gasteiger partial charge is 0.342 e. The predicted molar refractivity (Wildman–Crippen MR) is 430 cm³/mol. The van der Waals surface area contributed by atoms with Crippen molar-refractivity contribution in [3.63, 3.8) is 0 Å². The number of nitrogens with zero attached hydrogens (tertiary/aromatic N) is 14. The number of carbonyl (C=O) groups excluding carboxylic acids is 8. The molecule has 724 valence electrons. The van der Waals surface area contributed by atoms with Gasteiger partial charge < -0.3 is 149 Å². The number of rotatable bonds is 58. The molecule has 0 spiro atoms. The van der Waals surface area contributed by atoms with Gasteiger partial charge in [-0.2, -0.15) is 0 Å². The van der Waals surface area contributed by atoms with Crippen molar-refractivity contribution in [3.05, 3.63) is 58.7 Å². The van der Waals surface area contributed by atoms with E-state index in [1.807, 2.05) is 4.90 Å². The van der Waals surface area contributed by atoms with Crippen LogP contribution in [-0.2, 0) is 152 Å². The lowest BCUT2D eigenvalue weighted by Crippen LogP contribution is -2.64. The van der Waals surface area contributed by atoms with Gasteiger partial charge in [-0.05, 0) is 39.2 Å². The van der Waals surface area contributed by atoms with Crippen LogP contribution in [0.2, 0.25) is 0 Å². The summed E-state index contributed by atoms with van der Waals surface area (Å²) in [6, 6.07) is -5.60. The Labute approximate surface area is 740 Å². The van der Waals surface area contributed by atoms with Gasteiger partial charge in [-0.3, -0.25) is 38.6 Å². The van der Waals surface area contributed by atoms with Crippen molar-refractivity contribution in [2.24, 2.45) is 0 Å². The summed E-state index contributed by atoms with van der Waals surface area (Å²) in [4.78, 5) is 105. The van der Waals surface area contributed by atoms with Crippen LogP contribution in [0.4, 0.5) is 0 Å². The number of unbranched alkanes of at least 4 members (excludes halogenated alkanes) is 1. The van der Waals surface area contributed by atoms with Crippen molar-refractivity contribution in [2.45, 2.75) is 261 Å². The summed E-state index contributed by atoms with van der Waals surface area (Å²) in [6.07, 6.45) is -13.8. The molecule has 5 aliphatic rings. The summed E-state index contributed by atoms with van der Waals surface area (Å²) in [5.74, 6) is -4.32. The van der Waals surface area contributed by atoms with E-state index in [0.29, 0.717) is 42.2 Å². The highest BCUT2D eigenvalue weighted by Gasteiger charge is 2.50. The molecular weight excluding hydrogens is 1720 g/mol. The largest absolute Gasteiger partial charge is 0.394 e. The molecule has 0 aromatic carbocycles. The van der Waals surface area contributed by atoms with Gasteiger partial charge in [0.05, 0.1) is 161 Å². The van der Waals surface area contributed by atoms with Crippen molar-refractivity contribution < 1.29 is 161 Å². The third-order valence-electron chi connectivity index (χ3n) is 21.5. The molecule has 9 rings (SSSR count). The molecule has 5 aliphatic heterocycles. The van der Waals surface area contributed by atoms with Gasteiger partial charge in [0.1, 0.15) is 103 Å². The van der Waals surface area contributed by atoms with E-state index < -0.39 is 197 Å². The number of nitrogens with one attached hydrogen (secondary N) is 5. The Morgan fingerprint density at radius 2 is 0.752 bits per heavy atom. The summed E-state index contributed by atoms with van der Waals surface area (Å²) in [5, 5.41) is 172. The van der Waals surface area contributed by atoms with Gasteiger partial charge >= 0.3 is 11.9 Å². The molecule has 5 amide bonds. The van der Waals surface area contributed by atoms with E-state index in [9.17, 15) is 94.8 Å². The highest BCUT2D eigenvalue weighted by atomic mass is 16.7. The third-order valence-corrected chi connectivity index (χ3v) is 21.5. The van der Waals surface area contributed by atoms with E-state index in [-0.39, 0.29) is 187 Å². The van der Waals surface area contributed by atoms with Gasteiger partial charge in [0.25, 0.3) is 0 Å². The molecule has 0 bridgehead atoms. The lowest BCUT2D eigenvalue weighted by atomic mass is 9.97. The number of hydrogen-bond acceptors (Lipinski definition) is 43. The van der Waals surface area contributed by atoms with Crippen molar-refractivity contribution in [1.29, 1.82) is 0 Å². The lowest BCUT2D eigenvalue weighted by molar-refractivity contribution is -0.272. The summed E-state index contributed by atoms with van der Waals surface area (Å²) < 4.78 is 80.1. The van der Waals surface area contributed by atoms with Crippen LogP contribution in [0.5, 0.6) is 0 Å². The molecule has 4 aromatic heterocycles. The molecule has 21 atom stereocenters. The first-order valence-electron chi connectivity index (χ1n) is 42.6. The fourth-order valence-corrected chi connectivity index (χ4v) is 14.8. The monoisotopic (exact) mass is 1840 g/mol. The quantitative estimate of drug-likeness (QED) is 0.0111. The minimum atomic E-state index is -1.52. The highest BCUT2D eigenvalue weighted by molar-refractivity contribution is 6.12. The molecular formula is C77H123N19O33. The van der Waals surface area contributed by atoms with Crippen LogP contribution in [0, 0.1) is 0 Å². The second-order valence-electron chi connectivity index (χ2n) is 31.4. The average molecular weight is 1840 g/mol. The Morgan fingerprint density at radius 1 is 0.426 bits per heavy atom. The van der Waals surface area contributed by atoms with Crippen LogP contribution in [-0.4, -0.2) is 426 Å². The van der Waals surface area contributed by atoms with Crippen LogP contribution < -0.4 is 26.6 Å². The van der Waals surface area contributed by atoms with E-state index in [2.05, 4.69) is 72.7 Å². The van der Waals surface area contributed by atoms with Gasteiger partial charge in [0.2, 0.25) is 29.5 Å². The fraction of sp³-hybridized carbons (Fsp3) is 0.766. The second-order valence-corrected chi connectivity index (χ2v) is 31.4. The molecule has 0 radical (unpaired) electrons. The van der Waals surface area contributed by atoms with E-state index in [0.717, 1.165) is 0 Å². The van der Waals surface area contributed by atoms with Crippen LogP contribution in [0.25, 0.3) is 0 Å². The number of aliphatic hydroxyl groups excluding tert-OH is 12. The summed E-state index contributed by atoms with van der Waals surface area (Å²) in [7, 11) is 0. The standard InChI is InChI=1S/C77H123N19O33/c1-43-53(73(116)129-72(43)115)12-11-52(105)9-8-13-78-71(114)54(92(33-50-37-95(89-85-50)17-21-119-25-29-123-76-61(81-46(4)103)69(112)65(108)57(41-99)127-76)34-51-38-96(90-86-51)18-22-120-26-30-124-77-62(82-47(5)104)70(113)66(109)58(42-100)128-77)10-6-7-14-91(31-48-35-93(87-83-48)15-19-117-23-27-121-74-59(79-44(2)101)67(110)63(106)55(39-97)125-74)32-49-36-94(88-84-49)16-20-118-24-28-122-75-60(80-45(3)102)68(111)64(107)56(40-98)126-75/h35-38,54-70,74-77,97-100,106-113H,6-34,39-42H2,1-5H3,(H,78,114)(H,79,101)(H,80,102)(H,81,103)(H,82,104)/t54-,55?,56?,57?,58?,59?,60?,61?,62?,63?,64?,65?,66?,67?,68?,69?,70?,74?,75?,76?,77?/m0/s1. The molecule has 52 heteroatoms. The van der Waals surface area contributed by atoms with Gasteiger partial charge in [0, 0.05) is 109 Å². The zero-order valence-corrected chi connectivity index (χ0v) is 72.5. The van der Waals surface area contributed by atoms with Gasteiger partial charge in [-0.1, -0.05) is 27.3 Å². The van der Waals surface area contributed by atoms with Crippen LogP contribution in [0.3, 0.4) is 0 Å². The Kier molecular flexibility index (Phi) is 42.9. The number of ether oxygens (including phenoxy) is 13. The summed E-state index contributed by atoms with van der Waals surface area (Å²) >= 11 is 0. The maximum atomic E-state index is 15.2. The first-order chi connectivity index (χ1) is 61.9. The van der Waals surface area contributed by atoms with E-state index in [1.165, 1.54) is 44.0 Å². The maximum Gasteiger partial charge on any atom is 0.342 e. The number of esters is 2. The minimum Gasteiger partial charge on any atom is -0.394 e. The van der Waals surface area contributed by atoms with E-state index in [1.54, 1.807) is 34.2 Å². The lowest BCUT2D eigenvalue weighted by Gasteiger charge is -2.42. The first kappa shape index (κ1) is 104. The molecule has 129 heavy (non-hydrogen) atoms. The van der Waals surface area contributed by atoms with Gasteiger partial charge in [-0.15, -0.1) is 20.4 Å². The molecule has 0 saturated carbocycles. The molecule has 4 aromatic rings. The van der Waals surface area contributed by atoms with Crippen molar-refractivity contribution in [3.8, 4) is 0 Å². The maximum absolute atomic E-state index is 15.2. The first-order valence-corrected chi connectivity index (χ1v) is 42.6. The third kappa shape index (κ3) is 32.1. The summed E-state index contributed by atoms with van der Waals surface area (Å²) in [5.41, 5.74) is 2.14. The Balaban J connectivity index is 0.898. The number of aromatic nitrogens is 12. The number of cyclic esters (lactones) is 2. The topological polar surface area (TPSA) is 689 Å². The molecule has 4 fully saturated rings. The van der Waals surface area contributed by atoms with Crippen LogP contribution >= 0.6 is 0 Å². The number of Topliss-reactive ketones (excluding diaryl/α,β-unsaturated/α-hetero) is 1. The van der Waals surface area contributed by atoms with E-state index in [4.69, 9.17) is 61.6 Å². The Hall–Kier alpha value is -8.58. The predicted octanol–water partition coefficient (Wildman–Crippen LogP) is -10.2. The number of aliphatic hydroxyl groups is 12. The van der Waals surface area contributed by atoms with Crippen LogP contribution in [0.1, 0.15) is 102 Å². The number of carbonyl (C=O) groups is 8. The van der Waals surface area contributed by atoms with E-state index >= 15 is 4.79 Å². The SMILES string of the molecule is CC(=O)NC1C(OCCOCCn2cc(CN(CCCC[C@@H](C(=O)NCCCC(=O)CCC3=C(C)C(=O)OC3=O)N(Cc3cn(CCOCCOC4OC(CO)C(O)C(O)C4NC(C)=O)nn3)Cc3cn(CCOCCOC4OC(CO)C(O)C(O)C4NC(C)=O)nn3)Cc3cn(CCOCCOC4OC(CO)C(O)C(O)C4NC(C)=O)nn3)nn2)OC(CO)C(O)C1O. The molecule has 20 unspecified atom stereocenters. The molecule has 0 aliphatic carbocycles.